The molecule has 1 rings (SSSR count). The van der Waals surface area contributed by atoms with Crippen LogP contribution in [-0.4, -0.2) is 48.0 Å². The fourth-order valence-electron chi connectivity index (χ4n) is 1.37. The zero-order chi connectivity index (χ0) is 17.8. The van der Waals surface area contributed by atoms with Gasteiger partial charge < -0.3 is 9.03 Å². The summed E-state index contributed by atoms with van der Waals surface area (Å²) in [6, 6.07) is 0. The van der Waals surface area contributed by atoms with Crippen LogP contribution in [0, 0.1) is 0 Å². The fraction of sp³-hybridized carbons (Fsp3) is 1.00. The average Bonchev–Trinajstić information content (AvgIpc) is 2.26. The third-order valence-electron chi connectivity index (χ3n) is 2.49. The van der Waals surface area contributed by atoms with Crippen molar-refractivity contribution in [3.63, 3.8) is 0 Å². The van der Waals surface area contributed by atoms with E-state index in [1.165, 1.54) is 32.4 Å². The van der Waals surface area contributed by atoms with E-state index in [1.807, 2.05) is 0 Å². The number of piperidine rings is 1. The van der Waals surface area contributed by atoms with Crippen LogP contribution < -0.4 is 4.90 Å². The molecule has 0 aromatic rings. The number of halogens is 6. The van der Waals surface area contributed by atoms with Crippen LogP contribution in [-0.2, 0) is 20.0 Å². The summed E-state index contributed by atoms with van der Waals surface area (Å²) in [7, 11) is -11.2. The highest BCUT2D eigenvalue weighted by atomic mass is 32.3. The molecule has 0 spiro atoms. The summed E-state index contributed by atoms with van der Waals surface area (Å²) in [5.41, 5.74) is -12.4. The molecule has 0 aliphatic carbocycles. The van der Waals surface area contributed by atoms with Crippen LogP contribution in [0.15, 0.2) is 0 Å². The second-order valence-electron chi connectivity index (χ2n) is 4.43. The molecule has 0 atom stereocenters. The minimum atomic E-state index is -6.72. The number of hydrogen-bond donors (Lipinski definition) is 1. The molecule has 1 heterocycles. The van der Waals surface area contributed by atoms with E-state index >= 15 is 0 Å². The van der Waals surface area contributed by atoms with Gasteiger partial charge in [-0.3, -0.25) is 0 Å². The Morgan fingerprint density at radius 1 is 0.773 bits per heavy atom. The first-order valence-corrected chi connectivity index (χ1v) is 8.66. The van der Waals surface area contributed by atoms with Gasteiger partial charge in [0.05, 0.1) is 20.1 Å². The molecule has 1 saturated heterocycles. The molecule has 1 aliphatic rings. The van der Waals surface area contributed by atoms with Gasteiger partial charge >= 0.3 is 11.0 Å². The number of sulfonamides is 2. The summed E-state index contributed by atoms with van der Waals surface area (Å²) < 4.78 is 109. The van der Waals surface area contributed by atoms with Crippen LogP contribution in [0.3, 0.4) is 0 Å². The Morgan fingerprint density at radius 2 is 1.09 bits per heavy atom. The SMILES string of the molecule is C[NH+]1CCCCC1.O=S(=O)([N-]S(=O)(=O)C(F)(F)F)C(F)(F)F. The molecule has 0 amide bonds. The lowest BCUT2D eigenvalue weighted by Crippen LogP contribution is -3.09. The first kappa shape index (κ1) is 21.4. The van der Waals surface area contributed by atoms with Crippen molar-refractivity contribution in [1.29, 1.82) is 0 Å². The highest BCUT2D eigenvalue weighted by Crippen LogP contribution is 2.36. The van der Waals surface area contributed by atoms with E-state index in [0.29, 0.717) is 0 Å². The molecule has 0 radical (unpaired) electrons. The second kappa shape index (κ2) is 7.31. The third-order valence-corrected chi connectivity index (χ3v) is 5.23. The van der Waals surface area contributed by atoms with Gasteiger partial charge in [-0.1, -0.05) is 0 Å². The van der Waals surface area contributed by atoms with Gasteiger partial charge in [0.2, 0.25) is 0 Å². The van der Waals surface area contributed by atoms with Crippen molar-refractivity contribution in [2.24, 2.45) is 0 Å². The standard InChI is InChI=1S/C6H13N.C2F6NO4S2/c1-7-5-3-2-4-6-7;3-1(4,5)14(10,11)9-15(12,13)2(6,7)8/h2-6H2,1H3;/q;-1/p+1. The Balaban J connectivity index is 0.000000518. The summed E-state index contributed by atoms with van der Waals surface area (Å²) in [6.45, 7) is 2.81. The van der Waals surface area contributed by atoms with Crippen LogP contribution in [0.25, 0.3) is 4.13 Å². The zero-order valence-electron chi connectivity index (χ0n) is 11.2. The summed E-state index contributed by atoms with van der Waals surface area (Å²) in [5.74, 6) is 0. The van der Waals surface area contributed by atoms with Crippen LogP contribution >= 0.6 is 0 Å². The van der Waals surface area contributed by atoms with Crippen LogP contribution in [0.4, 0.5) is 26.3 Å². The first-order valence-electron chi connectivity index (χ1n) is 5.78. The summed E-state index contributed by atoms with van der Waals surface area (Å²) >= 11 is 0. The largest absolute Gasteiger partial charge is 0.480 e. The Bertz CT molecular complexity index is 506. The van der Waals surface area contributed by atoms with Crippen molar-refractivity contribution in [2.45, 2.75) is 30.3 Å². The van der Waals surface area contributed by atoms with Gasteiger partial charge in [-0.2, -0.15) is 26.3 Å². The Hall–Kier alpha value is -0.600. The molecular formula is C8H14F6N2O4S2. The monoisotopic (exact) mass is 380 g/mol. The maximum atomic E-state index is 11.4. The maximum absolute atomic E-state index is 11.4. The van der Waals surface area contributed by atoms with Crippen molar-refractivity contribution in [3.05, 3.63) is 4.13 Å². The topological polar surface area (TPSA) is 86.8 Å². The predicted octanol–water partition coefficient (Wildman–Crippen LogP) is 0.744. The predicted molar refractivity (Wildman–Crippen MR) is 63.8 cm³/mol. The van der Waals surface area contributed by atoms with Gasteiger partial charge in [-0.05, 0) is 19.3 Å². The maximum Gasteiger partial charge on any atom is 0.480 e. The van der Waals surface area contributed by atoms with Crippen LogP contribution in [0.2, 0.25) is 0 Å². The zero-order valence-corrected chi connectivity index (χ0v) is 12.8. The average molecular weight is 380 g/mol. The number of rotatable bonds is 2. The highest BCUT2D eigenvalue weighted by molar-refractivity contribution is 8.13. The minimum Gasteiger partial charge on any atom is -0.421 e. The number of likely N-dealkylation sites (tertiary alicyclic amines) is 1. The smallest absolute Gasteiger partial charge is 0.421 e. The lowest BCUT2D eigenvalue weighted by atomic mass is 10.1. The van der Waals surface area contributed by atoms with E-state index in [9.17, 15) is 43.2 Å². The Labute approximate surface area is 123 Å². The molecule has 22 heavy (non-hydrogen) atoms. The van der Waals surface area contributed by atoms with Gasteiger partial charge in [-0.25, -0.2) is 16.8 Å². The minimum absolute atomic E-state index is 0.778. The van der Waals surface area contributed by atoms with Crippen molar-refractivity contribution in [2.75, 3.05) is 20.1 Å². The van der Waals surface area contributed by atoms with Gasteiger partial charge in [0, 0.05) is 0 Å². The molecule has 6 nitrogen and oxygen atoms in total. The fourth-order valence-corrected chi connectivity index (χ4v) is 3.08. The van der Waals surface area contributed by atoms with Gasteiger partial charge in [0.15, 0.2) is 20.0 Å². The molecular weight excluding hydrogens is 366 g/mol. The highest BCUT2D eigenvalue weighted by Gasteiger charge is 2.46. The lowest BCUT2D eigenvalue weighted by molar-refractivity contribution is -0.884. The molecule has 1 aliphatic heterocycles. The third kappa shape index (κ3) is 6.66. The van der Waals surface area contributed by atoms with E-state index in [4.69, 9.17) is 0 Å². The molecule has 0 aromatic heterocycles. The van der Waals surface area contributed by atoms with Crippen molar-refractivity contribution in [1.82, 2.24) is 0 Å². The van der Waals surface area contributed by atoms with Crippen LogP contribution in [0.5, 0.6) is 0 Å². The van der Waals surface area contributed by atoms with Crippen molar-refractivity contribution < 1.29 is 48.1 Å². The van der Waals surface area contributed by atoms with Crippen molar-refractivity contribution >= 4 is 20.0 Å². The summed E-state index contributed by atoms with van der Waals surface area (Å²) in [6.07, 6.45) is 4.37. The van der Waals surface area contributed by atoms with Gasteiger partial charge in [0.1, 0.15) is 0 Å². The molecule has 0 saturated carbocycles. The van der Waals surface area contributed by atoms with Gasteiger partial charge in [0.25, 0.3) is 0 Å². The number of quaternary nitrogens is 1. The van der Waals surface area contributed by atoms with Crippen LogP contribution in [0.1, 0.15) is 19.3 Å². The van der Waals surface area contributed by atoms with Crippen molar-refractivity contribution in [3.8, 4) is 0 Å². The first-order chi connectivity index (χ1) is 9.60. The molecule has 0 bridgehead atoms. The Morgan fingerprint density at radius 3 is 1.27 bits per heavy atom. The second-order valence-corrected chi connectivity index (χ2v) is 7.86. The van der Waals surface area contributed by atoms with E-state index in [0.717, 1.165) is 4.13 Å². The van der Waals surface area contributed by atoms with E-state index in [1.54, 1.807) is 4.90 Å². The normalized spacial score (nSPS) is 18.5. The molecule has 134 valence electrons. The summed E-state index contributed by atoms with van der Waals surface area (Å²) in [4.78, 5) is 1.71. The number of nitrogens with zero attached hydrogens (tertiary/aromatic N) is 1. The van der Waals surface area contributed by atoms with E-state index in [2.05, 4.69) is 7.05 Å². The molecule has 0 unspecified atom stereocenters. The molecule has 1 fully saturated rings. The molecule has 14 heteroatoms. The lowest BCUT2D eigenvalue weighted by Gasteiger charge is -2.22. The number of hydrogen-bond acceptors (Lipinski definition) is 4. The number of nitrogens with one attached hydrogen (secondary N) is 1. The number of alkyl halides is 6. The molecule has 1 N–H and O–H groups in total. The van der Waals surface area contributed by atoms with E-state index < -0.39 is 31.1 Å². The molecule has 0 aromatic carbocycles. The van der Waals surface area contributed by atoms with E-state index in [-0.39, 0.29) is 0 Å². The van der Waals surface area contributed by atoms with Gasteiger partial charge in [-0.15, -0.1) is 0 Å². The Kier molecular flexibility index (Phi) is 7.11. The summed E-state index contributed by atoms with van der Waals surface area (Å²) in [5, 5.41) is 0. The quantitative estimate of drug-likeness (QED) is 0.716.